The Bertz CT molecular complexity index is 774. The highest BCUT2D eigenvalue weighted by Crippen LogP contribution is 2.29. The number of anilines is 1. The van der Waals surface area contributed by atoms with Crippen LogP contribution < -0.4 is 5.73 Å². The molecule has 3 aromatic rings. The zero-order valence-corrected chi connectivity index (χ0v) is 12.4. The number of hydrogen-bond donors (Lipinski definition) is 1. The predicted octanol–water partition coefficient (Wildman–Crippen LogP) is 3.99. The number of aryl methyl sites for hydroxylation is 2. The van der Waals surface area contributed by atoms with Gasteiger partial charge in [-0.05, 0) is 65.2 Å². The van der Waals surface area contributed by atoms with Gasteiger partial charge in [-0.25, -0.2) is 4.98 Å². The molecule has 0 aliphatic rings. The van der Waals surface area contributed by atoms with Crippen molar-refractivity contribution in [3.63, 3.8) is 0 Å². The number of nitrogen functional groups attached to an aromatic ring is 1. The lowest BCUT2D eigenvalue weighted by molar-refractivity contribution is 1.10. The molecule has 0 bridgehead atoms. The van der Waals surface area contributed by atoms with E-state index in [1.165, 1.54) is 11.1 Å². The van der Waals surface area contributed by atoms with Crippen LogP contribution in [0.4, 0.5) is 5.95 Å². The number of fused-ring (bicyclic) bond motifs is 1. The minimum Gasteiger partial charge on any atom is -0.369 e. The molecule has 19 heavy (non-hydrogen) atoms. The van der Waals surface area contributed by atoms with Gasteiger partial charge in [0.2, 0.25) is 5.95 Å². The Morgan fingerprint density at radius 1 is 1.05 bits per heavy atom. The van der Waals surface area contributed by atoms with Crippen LogP contribution in [0.5, 0.6) is 0 Å². The number of nitrogens with zero attached hydrogens (tertiary/aromatic N) is 2. The van der Waals surface area contributed by atoms with Crippen LogP contribution in [0.15, 0.2) is 40.9 Å². The second-order valence-electron chi connectivity index (χ2n) is 4.75. The SMILES string of the molecule is Cc1ccc(-n2c(N)nc3ccc(C)cc32)c(Br)c1. The normalized spacial score (nSPS) is 11.1. The van der Waals surface area contributed by atoms with Gasteiger partial charge in [-0.2, -0.15) is 0 Å². The third kappa shape index (κ3) is 2.02. The largest absolute Gasteiger partial charge is 0.369 e. The molecular weight excluding hydrogens is 302 g/mol. The van der Waals surface area contributed by atoms with Gasteiger partial charge in [0.15, 0.2) is 0 Å². The summed E-state index contributed by atoms with van der Waals surface area (Å²) in [6, 6.07) is 12.4. The fourth-order valence-corrected chi connectivity index (χ4v) is 2.92. The van der Waals surface area contributed by atoms with Crippen molar-refractivity contribution >= 4 is 32.9 Å². The van der Waals surface area contributed by atoms with E-state index >= 15 is 0 Å². The maximum absolute atomic E-state index is 6.07. The molecule has 0 amide bonds. The molecule has 4 heteroatoms. The van der Waals surface area contributed by atoms with Crippen molar-refractivity contribution in [1.82, 2.24) is 9.55 Å². The highest BCUT2D eigenvalue weighted by Gasteiger charge is 2.12. The zero-order valence-electron chi connectivity index (χ0n) is 10.8. The molecule has 0 aliphatic carbocycles. The molecule has 0 unspecified atom stereocenters. The van der Waals surface area contributed by atoms with E-state index in [4.69, 9.17) is 5.73 Å². The number of aromatic nitrogens is 2. The molecule has 1 heterocycles. The smallest absolute Gasteiger partial charge is 0.205 e. The molecule has 0 spiro atoms. The third-order valence-electron chi connectivity index (χ3n) is 3.18. The van der Waals surface area contributed by atoms with Gasteiger partial charge >= 0.3 is 0 Å². The monoisotopic (exact) mass is 315 g/mol. The summed E-state index contributed by atoms with van der Waals surface area (Å²) in [4.78, 5) is 4.41. The van der Waals surface area contributed by atoms with Crippen LogP contribution in [-0.4, -0.2) is 9.55 Å². The van der Waals surface area contributed by atoms with Gasteiger partial charge in [-0.3, -0.25) is 4.57 Å². The fraction of sp³-hybridized carbons (Fsp3) is 0.133. The van der Waals surface area contributed by atoms with E-state index in [0.717, 1.165) is 21.2 Å². The van der Waals surface area contributed by atoms with E-state index < -0.39 is 0 Å². The Morgan fingerprint density at radius 2 is 1.74 bits per heavy atom. The first-order valence-electron chi connectivity index (χ1n) is 6.07. The predicted molar refractivity (Wildman–Crippen MR) is 82.7 cm³/mol. The summed E-state index contributed by atoms with van der Waals surface area (Å²) in [7, 11) is 0. The maximum atomic E-state index is 6.07. The average Bonchev–Trinajstić information content (AvgIpc) is 2.65. The number of hydrogen-bond acceptors (Lipinski definition) is 2. The highest BCUT2D eigenvalue weighted by molar-refractivity contribution is 9.10. The van der Waals surface area contributed by atoms with Crippen LogP contribution in [0.2, 0.25) is 0 Å². The van der Waals surface area contributed by atoms with E-state index in [0.29, 0.717) is 5.95 Å². The van der Waals surface area contributed by atoms with Crippen LogP contribution in [0.1, 0.15) is 11.1 Å². The molecule has 2 aromatic carbocycles. The first-order chi connectivity index (χ1) is 9.06. The molecule has 3 rings (SSSR count). The van der Waals surface area contributed by atoms with Crippen LogP contribution >= 0.6 is 15.9 Å². The molecule has 2 N–H and O–H groups in total. The van der Waals surface area contributed by atoms with Gasteiger partial charge in [0.1, 0.15) is 0 Å². The topological polar surface area (TPSA) is 43.8 Å². The zero-order chi connectivity index (χ0) is 13.6. The summed E-state index contributed by atoms with van der Waals surface area (Å²) >= 11 is 3.60. The first-order valence-corrected chi connectivity index (χ1v) is 6.86. The van der Waals surface area contributed by atoms with Crippen molar-refractivity contribution in [2.45, 2.75) is 13.8 Å². The molecule has 1 aromatic heterocycles. The Balaban J connectivity index is 2.35. The van der Waals surface area contributed by atoms with Crippen molar-refractivity contribution in [3.05, 3.63) is 52.0 Å². The maximum Gasteiger partial charge on any atom is 0.205 e. The van der Waals surface area contributed by atoms with E-state index in [1.807, 2.05) is 16.7 Å². The van der Waals surface area contributed by atoms with Crippen molar-refractivity contribution in [2.75, 3.05) is 5.73 Å². The highest BCUT2D eigenvalue weighted by atomic mass is 79.9. The summed E-state index contributed by atoms with van der Waals surface area (Å²) in [5.41, 5.74) is 11.4. The van der Waals surface area contributed by atoms with E-state index in [-0.39, 0.29) is 0 Å². The first kappa shape index (κ1) is 12.2. The lowest BCUT2D eigenvalue weighted by atomic mass is 10.2. The van der Waals surface area contributed by atoms with Gasteiger partial charge in [-0.1, -0.05) is 12.1 Å². The molecule has 0 radical (unpaired) electrons. The van der Waals surface area contributed by atoms with E-state index in [9.17, 15) is 0 Å². The second kappa shape index (κ2) is 4.38. The minimum absolute atomic E-state index is 0.505. The van der Waals surface area contributed by atoms with E-state index in [1.54, 1.807) is 0 Å². The van der Waals surface area contributed by atoms with Crippen molar-refractivity contribution in [2.24, 2.45) is 0 Å². The van der Waals surface area contributed by atoms with Gasteiger partial charge in [0.25, 0.3) is 0 Å². The summed E-state index contributed by atoms with van der Waals surface area (Å²) in [5.74, 6) is 0.505. The van der Waals surface area contributed by atoms with Crippen LogP contribution in [0, 0.1) is 13.8 Å². The summed E-state index contributed by atoms with van der Waals surface area (Å²) in [6.45, 7) is 4.13. The molecule has 0 fully saturated rings. The number of imidazole rings is 1. The number of benzene rings is 2. The Kier molecular flexibility index (Phi) is 2.82. The molecule has 0 saturated carbocycles. The van der Waals surface area contributed by atoms with Crippen molar-refractivity contribution < 1.29 is 0 Å². The lowest BCUT2D eigenvalue weighted by Gasteiger charge is -2.10. The van der Waals surface area contributed by atoms with Gasteiger partial charge in [0.05, 0.1) is 16.7 Å². The third-order valence-corrected chi connectivity index (χ3v) is 3.82. The molecule has 0 atom stereocenters. The van der Waals surface area contributed by atoms with Crippen molar-refractivity contribution in [1.29, 1.82) is 0 Å². The number of nitrogens with two attached hydrogens (primary N) is 1. The minimum atomic E-state index is 0.505. The van der Waals surface area contributed by atoms with Crippen LogP contribution in [-0.2, 0) is 0 Å². The quantitative estimate of drug-likeness (QED) is 0.738. The van der Waals surface area contributed by atoms with E-state index in [2.05, 4.69) is 59.0 Å². The van der Waals surface area contributed by atoms with Crippen molar-refractivity contribution in [3.8, 4) is 5.69 Å². The van der Waals surface area contributed by atoms with Gasteiger partial charge < -0.3 is 5.73 Å². The Hall–Kier alpha value is -1.81. The number of rotatable bonds is 1. The van der Waals surface area contributed by atoms with Gasteiger partial charge in [-0.15, -0.1) is 0 Å². The average molecular weight is 316 g/mol. The molecule has 96 valence electrons. The molecule has 0 aliphatic heterocycles. The Labute approximate surface area is 120 Å². The summed E-state index contributed by atoms with van der Waals surface area (Å²) < 4.78 is 2.99. The standard InChI is InChI=1S/C15H14BrN3/c1-9-4-6-13(11(16)7-9)19-14-8-10(2)3-5-12(14)18-15(19)17/h3-8H,1-2H3,(H2,17,18). The molecule has 0 saturated heterocycles. The van der Waals surface area contributed by atoms with Gasteiger partial charge in [0, 0.05) is 4.47 Å². The Morgan fingerprint density at radius 3 is 2.47 bits per heavy atom. The van der Waals surface area contributed by atoms with Crippen LogP contribution in [0.25, 0.3) is 16.7 Å². The summed E-state index contributed by atoms with van der Waals surface area (Å²) in [5, 5.41) is 0. The number of halogens is 1. The van der Waals surface area contributed by atoms with Crippen LogP contribution in [0.3, 0.4) is 0 Å². The second-order valence-corrected chi connectivity index (χ2v) is 5.61. The molecular formula is C15H14BrN3. The molecule has 3 nitrogen and oxygen atoms in total. The summed E-state index contributed by atoms with van der Waals surface area (Å²) in [6.07, 6.45) is 0. The lowest BCUT2D eigenvalue weighted by Crippen LogP contribution is -2.01. The fourth-order valence-electron chi connectivity index (χ4n) is 2.25.